The van der Waals surface area contributed by atoms with Gasteiger partial charge >= 0.3 is 0 Å². The third kappa shape index (κ3) is 30.0. The minimum absolute atomic E-state index is 0.967. The Morgan fingerprint density at radius 2 is 0.441 bits per heavy atom. The van der Waals surface area contributed by atoms with Crippen LogP contribution in [0.2, 0.25) is 0 Å². The van der Waals surface area contributed by atoms with E-state index in [0.29, 0.717) is 0 Å². The van der Waals surface area contributed by atoms with Crippen molar-refractivity contribution < 1.29 is 0 Å². The highest BCUT2D eigenvalue weighted by molar-refractivity contribution is 4.56. The molecule has 0 aliphatic heterocycles. The molecular formula is C34H70. The van der Waals surface area contributed by atoms with E-state index in [-0.39, 0.29) is 0 Å². The quantitative estimate of drug-likeness (QED) is 0.0900. The van der Waals surface area contributed by atoms with Gasteiger partial charge in [-0.25, -0.2) is 0 Å². The first-order valence-electron chi connectivity index (χ1n) is 16.8. The fourth-order valence-corrected chi connectivity index (χ4v) is 5.52. The zero-order valence-corrected chi connectivity index (χ0v) is 24.8. The van der Waals surface area contributed by atoms with Gasteiger partial charge in [0.25, 0.3) is 0 Å². The predicted octanol–water partition coefficient (Wildman–Crippen LogP) is 13.4. The minimum Gasteiger partial charge on any atom is -0.0654 e. The Kier molecular flexibility index (Phi) is 31.0. The van der Waals surface area contributed by atoms with E-state index >= 15 is 0 Å². The molecule has 0 N–H and O–H groups in total. The molecule has 0 radical (unpaired) electrons. The zero-order chi connectivity index (χ0) is 24.8. The summed E-state index contributed by atoms with van der Waals surface area (Å²) in [6, 6.07) is 0. The summed E-state index contributed by atoms with van der Waals surface area (Å²) in [5.74, 6) is 0.967. The molecule has 0 aromatic carbocycles. The molecular weight excluding hydrogens is 408 g/mol. The second kappa shape index (κ2) is 31.0. The largest absolute Gasteiger partial charge is 0.0654 e. The van der Waals surface area contributed by atoms with E-state index in [1.807, 2.05) is 0 Å². The Bertz CT molecular complexity index is 333. The first kappa shape index (κ1) is 34.0. The van der Waals surface area contributed by atoms with E-state index < -0.39 is 0 Å². The third-order valence-corrected chi connectivity index (χ3v) is 8.10. The van der Waals surface area contributed by atoms with Crippen molar-refractivity contribution in [1.82, 2.24) is 0 Å². The predicted molar refractivity (Wildman–Crippen MR) is 159 cm³/mol. The van der Waals surface area contributed by atoms with Crippen molar-refractivity contribution >= 4 is 0 Å². The van der Waals surface area contributed by atoms with E-state index in [4.69, 9.17) is 0 Å². The molecule has 0 aliphatic rings. The Labute approximate surface area is 219 Å². The lowest BCUT2D eigenvalue weighted by molar-refractivity contribution is 0.429. The van der Waals surface area contributed by atoms with Crippen LogP contribution in [0.1, 0.15) is 213 Å². The van der Waals surface area contributed by atoms with Crippen LogP contribution in [0.25, 0.3) is 0 Å². The van der Waals surface area contributed by atoms with Gasteiger partial charge < -0.3 is 0 Å². The maximum Gasteiger partial charge on any atom is -0.0443 e. The molecule has 0 spiro atoms. The highest BCUT2D eigenvalue weighted by Crippen LogP contribution is 2.19. The highest BCUT2D eigenvalue weighted by atomic mass is 14.1. The van der Waals surface area contributed by atoms with Crippen molar-refractivity contribution in [2.45, 2.75) is 213 Å². The average Bonchev–Trinajstić information content (AvgIpc) is 2.84. The van der Waals surface area contributed by atoms with E-state index in [2.05, 4.69) is 20.8 Å². The maximum absolute atomic E-state index is 2.50. The smallest absolute Gasteiger partial charge is 0.0443 e. The summed E-state index contributed by atoms with van der Waals surface area (Å²) in [5, 5.41) is 0. The SMILES string of the molecule is CCCCCCCCCCCCCCCCCC[C@@H](C)CCCCCCCCCCCCCC. The summed E-state index contributed by atoms with van der Waals surface area (Å²) in [4.78, 5) is 0. The fourth-order valence-electron chi connectivity index (χ4n) is 5.52. The standard InChI is InChI=1S/C34H70/c1-4-6-8-10-12-14-16-18-19-20-21-23-25-27-29-31-33-34(3)32-30-28-26-24-22-17-15-13-11-9-7-5-2/h34H,4-33H2,1-3H3/t34-/m0/s1. The minimum atomic E-state index is 0.967. The van der Waals surface area contributed by atoms with Crippen LogP contribution >= 0.6 is 0 Å². The average molecular weight is 479 g/mol. The molecule has 0 aliphatic carbocycles. The molecule has 206 valence electrons. The van der Waals surface area contributed by atoms with E-state index in [1.165, 1.54) is 193 Å². The van der Waals surface area contributed by atoms with Crippen LogP contribution in [0.15, 0.2) is 0 Å². The number of unbranched alkanes of at least 4 members (excludes halogenated alkanes) is 26. The van der Waals surface area contributed by atoms with Crippen molar-refractivity contribution in [1.29, 1.82) is 0 Å². The molecule has 0 amide bonds. The van der Waals surface area contributed by atoms with Gasteiger partial charge in [0.1, 0.15) is 0 Å². The molecule has 0 heterocycles. The van der Waals surface area contributed by atoms with Gasteiger partial charge in [-0.2, -0.15) is 0 Å². The van der Waals surface area contributed by atoms with Crippen LogP contribution in [0.4, 0.5) is 0 Å². The van der Waals surface area contributed by atoms with Gasteiger partial charge in [0.15, 0.2) is 0 Å². The van der Waals surface area contributed by atoms with Gasteiger partial charge in [-0.1, -0.05) is 213 Å². The van der Waals surface area contributed by atoms with Gasteiger partial charge in [-0.05, 0) is 5.92 Å². The lowest BCUT2D eigenvalue weighted by Crippen LogP contribution is -1.95. The monoisotopic (exact) mass is 479 g/mol. The molecule has 0 heteroatoms. The zero-order valence-electron chi connectivity index (χ0n) is 24.8. The summed E-state index contributed by atoms with van der Waals surface area (Å²) in [6.07, 6.45) is 44.2. The number of rotatable bonds is 30. The van der Waals surface area contributed by atoms with Crippen LogP contribution in [0.3, 0.4) is 0 Å². The fraction of sp³-hybridized carbons (Fsp3) is 1.00. The first-order chi connectivity index (χ1) is 16.8. The van der Waals surface area contributed by atoms with Crippen molar-refractivity contribution in [2.75, 3.05) is 0 Å². The van der Waals surface area contributed by atoms with Gasteiger partial charge in [0, 0.05) is 0 Å². The van der Waals surface area contributed by atoms with Gasteiger partial charge in [-0.15, -0.1) is 0 Å². The normalized spacial score (nSPS) is 12.4. The van der Waals surface area contributed by atoms with Crippen molar-refractivity contribution in [3.8, 4) is 0 Å². The Morgan fingerprint density at radius 1 is 0.265 bits per heavy atom. The topological polar surface area (TPSA) is 0 Å². The van der Waals surface area contributed by atoms with Crippen molar-refractivity contribution in [2.24, 2.45) is 5.92 Å². The Hall–Kier alpha value is 0. The van der Waals surface area contributed by atoms with Gasteiger partial charge in [0.2, 0.25) is 0 Å². The molecule has 0 saturated carbocycles. The van der Waals surface area contributed by atoms with Crippen LogP contribution in [0, 0.1) is 5.92 Å². The van der Waals surface area contributed by atoms with E-state index in [9.17, 15) is 0 Å². The summed E-state index contributed by atoms with van der Waals surface area (Å²) in [7, 11) is 0. The second-order valence-electron chi connectivity index (χ2n) is 11.9. The molecule has 34 heavy (non-hydrogen) atoms. The van der Waals surface area contributed by atoms with Gasteiger partial charge in [-0.3, -0.25) is 0 Å². The summed E-state index contributed by atoms with van der Waals surface area (Å²) in [6.45, 7) is 7.12. The summed E-state index contributed by atoms with van der Waals surface area (Å²) >= 11 is 0. The number of hydrogen-bond donors (Lipinski definition) is 0. The van der Waals surface area contributed by atoms with E-state index in [1.54, 1.807) is 0 Å². The van der Waals surface area contributed by atoms with Crippen LogP contribution in [0.5, 0.6) is 0 Å². The summed E-state index contributed by atoms with van der Waals surface area (Å²) < 4.78 is 0. The van der Waals surface area contributed by atoms with Crippen LogP contribution in [-0.4, -0.2) is 0 Å². The molecule has 0 aromatic rings. The highest BCUT2D eigenvalue weighted by Gasteiger charge is 2.02. The van der Waals surface area contributed by atoms with Crippen LogP contribution < -0.4 is 0 Å². The van der Waals surface area contributed by atoms with Crippen LogP contribution in [-0.2, 0) is 0 Å². The summed E-state index contributed by atoms with van der Waals surface area (Å²) in [5.41, 5.74) is 0. The number of hydrogen-bond acceptors (Lipinski definition) is 0. The molecule has 0 bridgehead atoms. The van der Waals surface area contributed by atoms with Crippen molar-refractivity contribution in [3.05, 3.63) is 0 Å². The molecule has 0 rings (SSSR count). The molecule has 1 atom stereocenters. The molecule has 0 fully saturated rings. The van der Waals surface area contributed by atoms with E-state index in [0.717, 1.165) is 5.92 Å². The molecule has 0 aromatic heterocycles. The third-order valence-electron chi connectivity index (χ3n) is 8.10. The molecule has 0 saturated heterocycles. The second-order valence-corrected chi connectivity index (χ2v) is 11.9. The first-order valence-corrected chi connectivity index (χ1v) is 16.8. The van der Waals surface area contributed by atoms with Crippen molar-refractivity contribution in [3.63, 3.8) is 0 Å². The Morgan fingerprint density at radius 3 is 0.647 bits per heavy atom. The Balaban J connectivity index is 3.13. The lowest BCUT2D eigenvalue weighted by atomic mass is 9.95. The van der Waals surface area contributed by atoms with Gasteiger partial charge in [0.05, 0.1) is 0 Å². The molecule has 0 nitrogen and oxygen atoms in total. The maximum atomic E-state index is 2.50. The molecule has 0 unspecified atom stereocenters. The lowest BCUT2D eigenvalue weighted by Gasteiger charge is -2.11.